The summed E-state index contributed by atoms with van der Waals surface area (Å²) in [6, 6.07) is 5.18. The molecule has 0 saturated carbocycles. The van der Waals surface area contributed by atoms with E-state index in [1.54, 1.807) is 24.4 Å². The number of fused-ring (bicyclic) bond motifs is 2. The summed E-state index contributed by atoms with van der Waals surface area (Å²) >= 11 is 0. The topological polar surface area (TPSA) is 70.0 Å². The minimum Gasteiger partial charge on any atom is -0.395 e. The van der Waals surface area contributed by atoms with Gasteiger partial charge in [0.05, 0.1) is 17.2 Å². The van der Waals surface area contributed by atoms with Crippen molar-refractivity contribution in [3.8, 4) is 0 Å². The normalized spacial score (nSPS) is 21.6. The van der Waals surface area contributed by atoms with Crippen molar-refractivity contribution in [2.45, 2.75) is 17.9 Å². The fraction of sp³-hybridized carbons (Fsp3) is 0.235. The van der Waals surface area contributed by atoms with Crippen molar-refractivity contribution in [1.29, 1.82) is 0 Å². The highest BCUT2D eigenvalue weighted by atomic mass is 32.2. The van der Waals surface area contributed by atoms with Gasteiger partial charge in [0, 0.05) is 36.9 Å². The van der Waals surface area contributed by atoms with E-state index in [0.29, 0.717) is 11.3 Å². The Balaban J connectivity index is 1.71. The van der Waals surface area contributed by atoms with Crippen LogP contribution in [0.1, 0.15) is 17.5 Å². The third-order valence-corrected chi connectivity index (χ3v) is 6.35. The molecule has 3 aliphatic rings. The van der Waals surface area contributed by atoms with Crippen molar-refractivity contribution >= 4 is 21.3 Å². The molecular formula is C17H15FN2O3S. The van der Waals surface area contributed by atoms with Gasteiger partial charge in [-0.15, -0.1) is 0 Å². The average Bonchev–Trinajstić information content (AvgIpc) is 3.06. The predicted octanol–water partition coefficient (Wildman–Crippen LogP) is 2.16. The van der Waals surface area contributed by atoms with Crippen molar-refractivity contribution in [2.75, 3.05) is 13.2 Å². The fourth-order valence-electron chi connectivity index (χ4n) is 3.23. The molecule has 0 bridgehead atoms. The number of allylic oxidation sites excluding steroid dienone is 5. The fourth-order valence-corrected chi connectivity index (χ4v) is 4.84. The number of benzene rings is 1. The number of aliphatic hydroxyl groups is 1. The van der Waals surface area contributed by atoms with E-state index < -0.39 is 10.0 Å². The first-order chi connectivity index (χ1) is 11.5. The van der Waals surface area contributed by atoms with Crippen LogP contribution in [0.25, 0.3) is 5.57 Å². The van der Waals surface area contributed by atoms with Gasteiger partial charge >= 0.3 is 0 Å². The van der Waals surface area contributed by atoms with E-state index in [4.69, 9.17) is 5.11 Å². The SMILES string of the molecule is O=S1(=O)c2ccc(C3=CN=C4CC(F)=CC=C34)cc2CN1CCO. The number of hydrogen-bond acceptors (Lipinski definition) is 4. The number of sulfonamides is 1. The first-order valence-electron chi connectivity index (χ1n) is 7.59. The van der Waals surface area contributed by atoms with E-state index in [2.05, 4.69) is 4.99 Å². The third-order valence-electron chi connectivity index (χ3n) is 4.40. The number of aliphatic imine (C=N–C) groups is 1. The second-order valence-electron chi connectivity index (χ2n) is 5.87. The number of rotatable bonds is 3. The van der Waals surface area contributed by atoms with Crippen molar-refractivity contribution in [3.63, 3.8) is 0 Å². The van der Waals surface area contributed by atoms with Gasteiger partial charge in [0.1, 0.15) is 5.83 Å². The van der Waals surface area contributed by atoms with Crippen LogP contribution < -0.4 is 0 Å². The van der Waals surface area contributed by atoms with E-state index in [1.165, 1.54) is 10.4 Å². The molecule has 24 heavy (non-hydrogen) atoms. The molecule has 0 atom stereocenters. The highest BCUT2D eigenvalue weighted by Gasteiger charge is 2.34. The summed E-state index contributed by atoms with van der Waals surface area (Å²) in [7, 11) is -3.53. The van der Waals surface area contributed by atoms with E-state index in [9.17, 15) is 12.8 Å². The maximum absolute atomic E-state index is 13.4. The Morgan fingerprint density at radius 3 is 2.88 bits per heavy atom. The molecule has 1 aromatic carbocycles. The van der Waals surface area contributed by atoms with Crippen LogP contribution in [-0.2, 0) is 16.6 Å². The molecule has 1 aromatic rings. The summed E-state index contributed by atoms with van der Waals surface area (Å²) in [6.45, 7) is 0.116. The van der Waals surface area contributed by atoms with Crippen LogP contribution in [0.15, 0.2) is 57.8 Å². The highest BCUT2D eigenvalue weighted by molar-refractivity contribution is 7.89. The van der Waals surface area contributed by atoms with Crippen molar-refractivity contribution in [2.24, 2.45) is 4.99 Å². The molecule has 0 aromatic heterocycles. The number of β-amino-alcohol motifs (C(OH)–C–C–N with tert-alkyl or cyclic N) is 1. The molecule has 5 nitrogen and oxygen atoms in total. The lowest BCUT2D eigenvalue weighted by molar-refractivity contribution is 0.254. The standard InChI is InChI=1S/C17H15FN2O3S/c18-13-2-3-14-15(9-19-16(14)8-13)11-1-4-17-12(7-11)10-20(5-6-21)24(17,22)23/h1-4,7,9,21H,5-6,8,10H2. The summed E-state index contributed by atoms with van der Waals surface area (Å²) in [4.78, 5) is 4.56. The van der Waals surface area contributed by atoms with Crippen LogP contribution >= 0.6 is 0 Å². The molecule has 0 unspecified atom stereocenters. The molecule has 4 rings (SSSR count). The summed E-state index contributed by atoms with van der Waals surface area (Å²) < 4.78 is 39.4. The maximum Gasteiger partial charge on any atom is 0.243 e. The molecule has 0 radical (unpaired) electrons. The lowest BCUT2D eigenvalue weighted by atomic mass is 9.92. The Kier molecular flexibility index (Phi) is 3.52. The lowest BCUT2D eigenvalue weighted by Gasteiger charge is -2.12. The summed E-state index contributed by atoms with van der Waals surface area (Å²) in [5, 5.41) is 9.04. The average molecular weight is 346 g/mol. The van der Waals surface area contributed by atoms with Gasteiger partial charge in [-0.1, -0.05) is 6.07 Å². The molecular weight excluding hydrogens is 331 g/mol. The molecule has 0 fully saturated rings. The van der Waals surface area contributed by atoms with Gasteiger partial charge in [-0.05, 0) is 35.4 Å². The van der Waals surface area contributed by atoms with Crippen LogP contribution in [0.5, 0.6) is 0 Å². The Morgan fingerprint density at radius 2 is 2.08 bits per heavy atom. The van der Waals surface area contributed by atoms with Gasteiger partial charge in [0.2, 0.25) is 10.0 Å². The van der Waals surface area contributed by atoms with Crippen molar-refractivity contribution in [3.05, 3.63) is 59.1 Å². The number of aliphatic hydroxyl groups excluding tert-OH is 1. The van der Waals surface area contributed by atoms with E-state index in [-0.39, 0.29) is 36.8 Å². The smallest absolute Gasteiger partial charge is 0.243 e. The second kappa shape index (κ2) is 5.47. The van der Waals surface area contributed by atoms with Gasteiger partial charge in [0.15, 0.2) is 0 Å². The monoisotopic (exact) mass is 346 g/mol. The molecule has 0 spiro atoms. The van der Waals surface area contributed by atoms with Gasteiger partial charge < -0.3 is 5.11 Å². The predicted molar refractivity (Wildman–Crippen MR) is 88.4 cm³/mol. The van der Waals surface area contributed by atoms with Crippen molar-refractivity contribution < 1.29 is 17.9 Å². The maximum atomic E-state index is 13.4. The highest BCUT2D eigenvalue weighted by Crippen LogP contribution is 2.37. The van der Waals surface area contributed by atoms with Crippen LogP contribution in [0.2, 0.25) is 0 Å². The largest absolute Gasteiger partial charge is 0.395 e. The van der Waals surface area contributed by atoms with E-state index in [0.717, 1.165) is 16.7 Å². The van der Waals surface area contributed by atoms with Gasteiger partial charge in [-0.3, -0.25) is 4.99 Å². The molecule has 7 heteroatoms. The zero-order valence-corrected chi connectivity index (χ0v) is 13.6. The number of hydrogen-bond donors (Lipinski definition) is 1. The quantitative estimate of drug-likeness (QED) is 0.912. The number of nitrogens with zero attached hydrogens (tertiary/aromatic N) is 2. The zero-order chi connectivity index (χ0) is 16.9. The first-order valence-corrected chi connectivity index (χ1v) is 9.03. The van der Waals surface area contributed by atoms with Crippen LogP contribution in [0.3, 0.4) is 0 Å². The molecule has 2 heterocycles. The summed E-state index contributed by atoms with van der Waals surface area (Å²) in [6.07, 6.45) is 5.03. The summed E-state index contributed by atoms with van der Waals surface area (Å²) in [5.41, 5.74) is 4.00. The van der Waals surface area contributed by atoms with E-state index in [1.807, 2.05) is 6.07 Å². The molecule has 0 saturated heterocycles. The zero-order valence-electron chi connectivity index (χ0n) is 12.7. The van der Waals surface area contributed by atoms with Crippen molar-refractivity contribution in [1.82, 2.24) is 4.31 Å². The Hall–Kier alpha value is -2.09. The van der Waals surface area contributed by atoms with Gasteiger partial charge in [-0.25, -0.2) is 12.8 Å². The van der Waals surface area contributed by atoms with Crippen LogP contribution in [0.4, 0.5) is 4.39 Å². The van der Waals surface area contributed by atoms with Gasteiger partial charge in [-0.2, -0.15) is 4.31 Å². The molecule has 124 valence electrons. The Morgan fingerprint density at radius 1 is 1.25 bits per heavy atom. The van der Waals surface area contributed by atoms with Crippen LogP contribution in [-0.4, -0.2) is 36.7 Å². The Labute approximate surface area is 139 Å². The molecule has 1 aliphatic carbocycles. The lowest BCUT2D eigenvalue weighted by Crippen LogP contribution is -2.27. The summed E-state index contributed by atoms with van der Waals surface area (Å²) in [5.74, 6) is -0.216. The van der Waals surface area contributed by atoms with Gasteiger partial charge in [0.25, 0.3) is 0 Å². The molecule has 2 aliphatic heterocycles. The molecule has 0 amide bonds. The molecule has 1 N–H and O–H groups in total. The first kappa shape index (κ1) is 15.4. The van der Waals surface area contributed by atoms with Crippen LogP contribution in [0, 0.1) is 0 Å². The minimum atomic E-state index is -3.53. The number of halogens is 1. The second-order valence-corrected chi connectivity index (χ2v) is 7.78. The Bertz CT molecular complexity index is 958. The van der Waals surface area contributed by atoms with E-state index >= 15 is 0 Å². The minimum absolute atomic E-state index is 0.0809. The third kappa shape index (κ3) is 2.28.